The van der Waals surface area contributed by atoms with Gasteiger partial charge in [0.25, 0.3) is 5.69 Å². The maximum absolute atomic E-state index is 13.3. The maximum Gasteiger partial charge on any atom is 0.275 e. The van der Waals surface area contributed by atoms with E-state index in [1.165, 1.54) is 6.07 Å². The Labute approximate surface area is 178 Å². The van der Waals surface area contributed by atoms with E-state index in [1.807, 2.05) is 31.2 Å². The molecule has 2 amide bonds. The molecule has 3 aromatic rings. The highest BCUT2D eigenvalue weighted by Crippen LogP contribution is 2.44. The fourth-order valence-electron chi connectivity index (χ4n) is 4.99. The molecule has 2 aromatic carbocycles. The summed E-state index contributed by atoms with van der Waals surface area (Å²) in [7, 11) is 0. The average Bonchev–Trinajstić information content (AvgIpc) is 3.14. The number of nitro groups is 1. The van der Waals surface area contributed by atoms with Gasteiger partial charge in [-0.15, -0.1) is 0 Å². The van der Waals surface area contributed by atoms with E-state index in [4.69, 9.17) is 0 Å². The highest BCUT2D eigenvalue weighted by molar-refractivity contribution is 5.97. The van der Waals surface area contributed by atoms with Crippen molar-refractivity contribution in [2.45, 2.75) is 31.8 Å². The second-order valence-corrected chi connectivity index (χ2v) is 8.06. The number of benzene rings is 2. The number of hydrogen-bond acceptors (Lipinski definition) is 4. The molecule has 0 radical (unpaired) electrons. The number of piperazine rings is 1. The van der Waals surface area contributed by atoms with Gasteiger partial charge in [-0.05, 0) is 24.1 Å². The molecule has 1 unspecified atom stereocenters. The van der Waals surface area contributed by atoms with Crippen LogP contribution in [-0.4, -0.2) is 50.7 Å². The van der Waals surface area contributed by atoms with Gasteiger partial charge in [0.1, 0.15) is 12.1 Å². The SMILES string of the molecule is CCCN1CC(=O)N2C(Cc3c([nH]c4ccccc34)[C@H]2c2ccccc2[N+](=O)[O-])C1=O. The minimum absolute atomic E-state index is 0.00410. The van der Waals surface area contributed by atoms with Gasteiger partial charge in [0.2, 0.25) is 11.8 Å². The molecule has 8 heteroatoms. The molecular weight excluding hydrogens is 396 g/mol. The molecule has 0 aliphatic carbocycles. The number of aromatic nitrogens is 1. The number of aromatic amines is 1. The lowest BCUT2D eigenvalue weighted by molar-refractivity contribution is -0.385. The van der Waals surface area contributed by atoms with Gasteiger partial charge in [-0.3, -0.25) is 19.7 Å². The van der Waals surface area contributed by atoms with Crippen molar-refractivity contribution in [3.8, 4) is 0 Å². The minimum atomic E-state index is -0.719. The summed E-state index contributed by atoms with van der Waals surface area (Å²) in [6.07, 6.45) is 1.15. The molecule has 2 aliphatic rings. The van der Waals surface area contributed by atoms with Crippen molar-refractivity contribution >= 4 is 28.4 Å². The Kier molecular flexibility index (Phi) is 4.50. The molecule has 1 N–H and O–H groups in total. The molecule has 1 aromatic heterocycles. The third-order valence-electron chi connectivity index (χ3n) is 6.26. The number of rotatable bonds is 4. The van der Waals surface area contributed by atoms with Gasteiger partial charge >= 0.3 is 0 Å². The van der Waals surface area contributed by atoms with Crippen LogP contribution in [0.15, 0.2) is 48.5 Å². The summed E-state index contributed by atoms with van der Waals surface area (Å²) >= 11 is 0. The van der Waals surface area contributed by atoms with E-state index in [0.717, 1.165) is 28.6 Å². The summed E-state index contributed by atoms with van der Waals surface area (Å²) in [6.45, 7) is 2.49. The van der Waals surface area contributed by atoms with Gasteiger partial charge in [0.15, 0.2) is 0 Å². The highest BCUT2D eigenvalue weighted by atomic mass is 16.6. The van der Waals surface area contributed by atoms with E-state index in [1.54, 1.807) is 28.0 Å². The topological polar surface area (TPSA) is 99.6 Å². The van der Waals surface area contributed by atoms with Gasteiger partial charge in [-0.25, -0.2) is 0 Å². The Balaban J connectivity index is 1.75. The number of nitrogens with zero attached hydrogens (tertiary/aromatic N) is 3. The van der Waals surface area contributed by atoms with Gasteiger partial charge in [-0.1, -0.05) is 37.3 Å². The van der Waals surface area contributed by atoms with Crippen LogP contribution in [0.1, 0.15) is 36.2 Å². The van der Waals surface area contributed by atoms with Crippen LogP contribution in [0.3, 0.4) is 0 Å². The third kappa shape index (κ3) is 2.90. The van der Waals surface area contributed by atoms with Crippen LogP contribution < -0.4 is 0 Å². The predicted octanol–water partition coefficient (Wildman–Crippen LogP) is 3.17. The molecule has 31 heavy (non-hydrogen) atoms. The number of H-pyrrole nitrogens is 1. The Hall–Kier alpha value is -3.68. The summed E-state index contributed by atoms with van der Waals surface area (Å²) in [6, 6.07) is 12.8. The van der Waals surface area contributed by atoms with Crippen molar-refractivity contribution in [1.29, 1.82) is 0 Å². The largest absolute Gasteiger partial charge is 0.356 e. The van der Waals surface area contributed by atoms with E-state index in [-0.39, 0.29) is 24.0 Å². The van der Waals surface area contributed by atoms with Crippen molar-refractivity contribution < 1.29 is 14.5 Å². The average molecular weight is 418 g/mol. The Morgan fingerprint density at radius 3 is 2.65 bits per heavy atom. The zero-order valence-corrected chi connectivity index (χ0v) is 17.1. The summed E-state index contributed by atoms with van der Waals surface area (Å²) < 4.78 is 0. The monoisotopic (exact) mass is 418 g/mol. The first kappa shape index (κ1) is 19.3. The number of carbonyl (C=O) groups excluding carboxylic acids is 2. The van der Waals surface area contributed by atoms with Crippen molar-refractivity contribution in [2.24, 2.45) is 0 Å². The van der Waals surface area contributed by atoms with Crippen LogP contribution in [0.25, 0.3) is 10.9 Å². The molecule has 0 bridgehead atoms. The van der Waals surface area contributed by atoms with Crippen LogP contribution in [0.5, 0.6) is 0 Å². The molecule has 158 valence electrons. The van der Waals surface area contributed by atoms with E-state index < -0.39 is 17.0 Å². The lowest BCUT2D eigenvalue weighted by Gasteiger charge is -2.46. The van der Waals surface area contributed by atoms with Crippen molar-refractivity contribution in [3.05, 3.63) is 75.5 Å². The molecule has 3 heterocycles. The van der Waals surface area contributed by atoms with Gasteiger partial charge < -0.3 is 14.8 Å². The summed E-state index contributed by atoms with van der Waals surface area (Å²) in [5, 5.41) is 12.8. The normalized spacial score (nSPS) is 20.7. The first-order valence-corrected chi connectivity index (χ1v) is 10.4. The fourth-order valence-corrected chi connectivity index (χ4v) is 4.99. The van der Waals surface area contributed by atoms with Crippen molar-refractivity contribution in [2.75, 3.05) is 13.1 Å². The number of nitro benzene ring substituents is 1. The standard InChI is InChI=1S/C23H22N4O4/c1-2-11-25-13-20(28)26-19(23(25)29)12-16-14-7-3-5-9-17(14)24-21(16)22(26)15-8-4-6-10-18(15)27(30)31/h3-10,19,22,24H,2,11-13H2,1H3/t19?,22-/m1/s1. The van der Waals surface area contributed by atoms with Crippen molar-refractivity contribution in [3.63, 3.8) is 0 Å². The number of amides is 2. The number of nitrogens with one attached hydrogen (secondary N) is 1. The lowest BCUT2D eigenvalue weighted by Crippen LogP contribution is -2.63. The summed E-state index contributed by atoms with van der Waals surface area (Å²) in [5.74, 6) is -0.286. The molecule has 0 saturated carbocycles. The van der Waals surface area contributed by atoms with Gasteiger partial charge in [-0.2, -0.15) is 0 Å². The molecule has 2 atom stereocenters. The smallest absolute Gasteiger partial charge is 0.275 e. The summed E-state index contributed by atoms with van der Waals surface area (Å²) in [5.41, 5.74) is 2.93. The van der Waals surface area contributed by atoms with Crippen LogP contribution in [-0.2, 0) is 16.0 Å². The Bertz CT molecular complexity index is 1220. The number of hydrogen-bond donors (Lipinski definition) is 1. The van der Waals surface area contributed by atoms with E-state index in [0.29, 0.717) is 18.5 Å². The van der Waals surface area contributed by atoms with Crippen LogP contribution >= 0.6 is 0 Å². The molecular formula is C23H22N4O4. The second-order valence-electron chi connectivity index (χ2n) is 8.06. The van der Waals surface area contributed by atoms with Gasteiger partial charge in [0.05, 0.1) is 17.0 Å². The molecule has 5 rings (SSSR count). The Morgan fingerprint density at radius 2 is 1.87 bits per heavy atom. The fraction of sp³-hybridized carbons (Fsp3) is 0.304. The Morgan fingerprint density at radius 1 is 1.13 bits per heavy atom. The zero-order chi connectivity index (χ0) is 21.7. The zero-order valence-electron chi connectivity index (χ0n) is 17.1. The van der Waals surface area contributed by atoms with Gasteiger partial charge in [0, 0.05) is 35.6 Å². The number of carbonyl (C=O) groups is 2. The minimum Gasteiger partial charge on any atom is -0.356 e. The van der Waals surface area contributed by atoms with Crippen LogP contribution in [0.4, 0.5) is 5.69 Å². The molecule has 1 saturated heterocycles. The molecule has 8 nitrogen and oxygen atoms in total. The highest BCUT2D eigenvalue weighted by Gasteiger charge is 2.49. The first-order valence-electron chi connectivity index (χ1n) is 10.4. The van der Waals surface area contributed by atoms with Crippen LogP contribution in [0, 0.1) is 10.1 Å². The quantitative estimate of drug-likeness (QED) is 0.520. The first-order chi connectivity index (χ1) is 15.0. The van der Waals surface area contributed by atoms with E-state index in [2.05, 4.69) is 4.98 Å². The second kappa shape index (κ2) is 7.23. The van der Waals surface area contributed by atoms with E-state index in [9.17, 15) is 19.7 Å². The van der Waals surface area contributed by atoms with Crippen LogP contribution in [0.2, 0.25) is 0 Å². The molecule has 1 fully saturated rings. The van der Waals surface area contributed by atoms with E-state index >= 15 is 0 Å². The predicted molar refractivity (Wildman–Crippen MR) is 114 cm³/mol. The summed E-state index contributed by atoms with van der Waals surface area (Å²) in [4.78, 5) is 44.6. The number of para-hydroxylation sites is 2. The molecule has 0 spiro atoms. The van der Waals surface area contributed by atoms with Crippen molar-refractivity contribution in [1.82, 2.24) is 14.8 Å². The molecule has 2 aliphatic heterocycles. The maximum atomic E-state index is 13.3. The number of fused-ring (bicyclic) bond motifs is 4. The third-order valence-corrected chi connectivity index (χ3v) is 6.26. The lowest BCUT2D eigenvalue weighted by atomic mass is 9.85.